The van der Waals surface area contributed by atoms with Crippen LogP contribution >= 0.6 is 0 Å². The average molecular weight is 700 g/mol. The molecule has 254 valence electrons. The lowest BCUT2D eigenvalue weighted by molar-refractivity contribution is 1.16. The van der Waals surface area contributed by atoms with Crippen LogP contribution in [0.15, 0.2) is 176 Å². The summed E-state index contributed by atoms with van der Waals surface area (Å²) in [6.45, 7) is 0. The van der Waals surface area contributed by atoms with Crippen molar-refractivity contribution < 1.29 is 0 Å². The van der Waals surface area contributed by atoms with Crippen molar-refractivity contribution >= 4 is 65.4 Å². The second kappa shape index (κ2) is 11.8. The maximum Gasteiger partial charge on any atom is 0.101 e. The van der Waals surface area contributed by atoms with Gasteiger partial charge in [0.05, 0.1) is 56.0 Å². The molecule has 0 bridgehead atoms. The molecular weight excluding hydrogens is 671 g/mol. The molecule has 0 aliphatic heterocycles. The minimum atomic E-state index is 0.605. The quantitative estimate of drug-likeness (QED) is 0.184. The van der Waals surface area contributed by atoms with Crippen LogP contribution in [0, 0.1) is 22.7 Å². The van der Waals surface area contributed by atoms with E-state index in [4.69, 9.17) is 0 Å². The second-order valence-corrected chi connectivity index (χ2v) is 14.0. The fourth-order valence-electron chi connectivity index (χ4n) is 8.74. The molecule has 11 rings (SSSR count). The molecule has 0 fully saturated rings. The van der Waals surface area contributed by atoms with Crippen molar-refractivity contribution in [1.29, 1.82) is 10.5 Å². The van der Waals surface area contributed by atoms with E-state index in [1.165, 1.54) is 21.8 Å². The smallest absolute Gasteiger partial charge is 0.101 e. The van der Waals surface area contributed by atoms with Crippen molar-refractivity contribution in [3.8, 4) is 40.3 Å². The van der Waals surface area contributed by atoms with Crippen LogP contribution in [0.4, 0.5) is 0 Å². The van der Waals surface area contributed by atoms with Gasteiger partial charge in [-0.3, -0.25) is 0 Å². The molecule has 3 aromatic heterocycles. The van der Waals surface area contributed by atoms with Crippen LogP contribution in [-0.4, -0.2) is 13.7 Å². The van der Waals surface area contributed by atoms with Crippen molar-refractivity contribution in [2.24, 2.45) is 0 Å². The number of nitriles is 2. The fourth-order valence-corrected chi connectivity index (χ4v) is 8.74. The predicted octanol–water partition coefficient (Wildman–Crippen LogP) is 12.4. The van der Waals surface area contributed by atoms with E-state index < -0.39 is 0 Å². The van der Waals surface area contributed by atoms with Gasteiger partial charge < -0.3 is 13.7 Å². The molecule has 55 heavy (non-hydrogen) atoms. The highest BCUT2D eigenvalue weighted by atomic mass is 15.0. The first kappa shape index (κ1) is 30.7. The van der Waals surface area contributed by atoms with Crippen molar-refractivity contribution in [1.82, 2.24) is 13.7 Å². The number of hydrogen-bond acceptors (Lipinski definition) is 2. The summed E-state index contributed by atoms with van der Waals surface area (Å²) < 4.78 is 6.82. The van der Waals surface area contributed by atoms with Crippen LogP contribution < -0.4 is 0 Å². The molecule has 5 nitrogen and oxygen atoms in total. The molecule has 11 aromatic rings. The Bertz CT molecular complexity index is 3400. The Hall–Kier alpha value is -7.86. The van der Waals surface area contributed by atoms with E-state index in [-0.39, 0.29) is 0 Å². The van der Waals surface area contributed by atoms with Gasteiger partial charge in [0.2, 0.25) is 0 Å². The van der Waals surface area contributed by atoms with Crippen LogP contribution in [0.2, 0.25) is 0 Å². The molecular formula is C50H29N5. The normalized spacial score (nSPS) is 11.6. The zero-order valence-electron chi connectivity index (χ0n) is 29.5. The minimum absolute atomic E-state index is 0.605. The summed E-state index contributed by atoms with van der Waals surface area (Å²) in [6, 6.07) is 66.0. The molecule has 0 atom stereocenters. The number of para-hydroxylation sites is 4. The van der Waals surface area contributed by atoms with Gasteiger partial charge in [-0.05, 0) is 90.0 Å². The van der Waals surface area contributed by atoms with Crippen LogP contribution in [0.25, 0.3) is 93.6 Å². The Balaban J connectivity index is 1.06. The zero-order chi connectivity index (χ0) is 36.6. The van der Waals surface area contributed by atoms with Gasteiger partial charge >= 0.3 is 0 Å². The van der Waals surface area contributed by atoms with Gasteiger partial charge in [0.25, 0.3) is 0 Å². The van der Waals surface area contributed by atoms with Crippen LogP contribution in [0.5, 0.6) is 0 Å². The van der Waals surface area contributed by atoms with Gasteiger partial charge in [-0.15, -0.1) is 0 Å². The third-order valence-corrected chi connectivity index (χ3v) is 11.1. The number of nitrogens with zero attached hydrogens (tertiary/aromatic N) is 5. The molecule has 0 unspecified atom stereocenters. The first-order chi connectivity index (χ1) is 27.2. The third-order valence-electron chi connectivity index (χ3n) is 11.1. The highest BCUT2D eigenvalue weighted by Gasteiger charge is 2.19. The van der Waals surface area contributed by atoms with Crippen LogP contribution in [0.1, 0.15) is 11.1 Å². The Morgan fingerprint density at radius 3 is 1.47 bits per heavy atom. The molecule has 3 heterocycles. The first-order valence-electron chi connectivity index (χ1n) is 18.3. The van der Waals surface area contributed by atoms with Gasteiger partial charge in [0.15, 0.2) is 0 Å². The summed E-state index contributed by atoms with van der Waals surface area (Å²) >= 11 is 0. The van der Waals surface area contributed by atoms with Crippen molar-refractivity contribution in [2.75, 3.05) is 0 Å². The largest absolute Gasteiger partial charge is 0.309 e. The molecule has 0 amide bonds. The van der Waals surface area contributed by atoms with Gasteiger partial charge in [0, 0.05) is 43.7 Å². The van der Waals surface area contributed by atoms with E-state index in [9.17, 15) is 10.5 Å². The first-order valence-corrected chi connectivity index (χ1v) is 18.3. The SMILES string of the molecule is N#Cc1ccc(-c2ccc(-n3c4ccccc4c4c(C#N)cccc43)cc2)cc1-n1c2ccccc2c2cc(-n3c4ccccc4c4ccccc43)ccc21. The maximum absolute atomic E-state index is 10.5. The minimum Gasteiger partial charge on any atom is -0.309 e. The molecule has 0 aliphatic rings. The zero-order valence-corrected chi connectivity index (χ0v) is 29.5. The Labute approximate surface area is 316 Å². The molecule has 0 N–H and O–H groups in total. The second-order valence-electron chi connectivity index (χ2n) is 14.0. The van der Waals surface area contributed by atoms with Gasteiger partial charge in [0.1, 0.15) is 6.07 Å². The lowest BCUT2D eigenvalue weighted by atomic mass is 10.0. The average Bonchev–Trinajstić information content (AvgIpc) is 3.89. The van der Waals surface area contributed by atoms with E-state index in [1.807, 2.05) is 36.4 Å². The van der Waals surface area contributed by atoms with Gasteiger partial charge in [-0.25, -0.2) is 0 Å². The van der Waals surface area contributed by atoms with Crippen LogP contribution in [0.3, 0.4) is 0 Å². The van der Waals surface area contributed by atoms with Crippen molar-refractivity contribution in [2.45, 2.75) is 0 Å². The van der Waals surface area contributed by atoms with Gasteiger partial charge in [-0.2, -0.15) is 10.5 Å². The predicted molar refractivity (Wildman–Crippen MR) is 224 cm³/mol. The van der Waals surface area contributed by atoms with Crippen LogP contribution in [-0.2, 0) is 0 Å². The highest BCUT2D eigenvalue weighted by Crippen LogP contribution is 2.39. The summed E-state index contributed by atoms with van der Waals surface area (Å²) in [5.41, 5.74) is 12.8. The van der Waals surface area contributed by atoms with E-state index >= 15 is 0 Å². The Morgan fingerprint density at radius 2 is 0.818 bits per heavy atom. The molecule has 0 spiro atoms. The number of rotatable bonds is 4. The summed E-state index contributed by atoms with van der Waals surface area (Å²) in [5, 5.41) is 27.1. The number of hydrogen-bond donors (Lipinski definition) is 0. The lowest BCUT2D eigenvalue weighted by Gasteiger charge is -2.14. The van der Waals surface area contributed by atoms with Crippen molar-refractivity contribution in [3.63, 3.8) is 0 Å². The lowest BCUT2D eigenvalue weighted by Crippen LogP contribution is -1.99. The van der Waals surface area contributed by atoms with E-state index in [2.05, 4.69) is 165 Å². The third kappa shape index (κ3) is 4.45. The Morgan fingerprint density at radius 1 is 0.327 bits per heavy atom. The molecule has 5 heteroatoms. The van der Waals surface area contributed by atoms with E-state index in [0.717, 1.165) is 71.8 Å². The highest BCUT2D eigenvalue weighted by molar-refractivity contribution is 6.13. The summed E-state index contributed by atoms with van der Waals surface area (Å²) in [4.78, 5) is 0. The van der Waals surface area contributed by atoms with Crippen molar-refractivity contribution in [3.05, 3.63) is 187 Å². The Kier molecular flexibility index (Phi) is 6.61. The molecule has 0 saturated carbocycles. The standard InChI is InChI=1S/C50H29N5/c51-30-34-21-20-33(32-22-24-36(25-23-32)53-46-18-8-4-14-41(46)50-35(31-52)10-9-19-48(50)53)28-49(34)55-45-17-7-3-13-40(45)42-29-37(26-27-47(42)55)54-43-15-5-1-11-38(43)39-12-2-6-16-44(39)54/h1-29H. The summed E-state index contributed by atoms with van der Waals surface area (Å²) in [5.74, 6) is 0. The topological polar surface area (TPSA) is 62.4 Å². The molecule has 8 aromatic carbocycles. The summed E-state index contributed by atoms with van der Waals surface area (Å²) in [7, 11) is 0. The van der Waals surface area contributed by atoms with E-state index in [1.54, 1.807) is 0 Å². The maximum atomic E-state index is 10.5. The van der Waals surface area contributed by atoms with Gasteiger partial charge in [-0.1, -0.05) is 97.1 Å². The number of fused-ring (bicyclic) bond motifs is 9. The number of benzene rings is 8. The monoisotopic (exact) mass is 699 g/mol. The molecule has 0 saturated heterocycles. The summed E-state index contributed by atoms with van der Waals surface area (Å²) in [6.07, 6.45) is 0. The molecule has 0 radical (unpaired) electrons. The molecule has 0 aliphatic carbocycles. The number of aromatic nitrogens is 3. The van der Waals surface area contributed by atoms with E-state index in [0.29, 0.717) is 11.1 Å². The fraction of sp³-hybridized carbons (Fsp3) is 0.